The molecule has 0 bridgehead atoms. The molecule has 2 aliphatic rings. The minimum Gasteiger partial charge on any atom is -0.507 e. The minimum atomic E-state index is -0.885. The van der Waals surface area contributed by atoms with Crippen LogP contribution >= 0.6 is 22.9 Å². The van der Waals surface area contributed by atoms with Gasteiger partial charge in [-0.05, 0) is 73.0 Å². The van der Waals surface area contributed by atoms with Crippen LogP contribution in [-0.2, 0) is 16.0 Å². The largest absolute Gasteiger partial charge is 0.507 e. The van der Waals surface area contributed by atoms with Gasteiger partial charge in [0, 0.05) is 17.0 Å². The predicted molar refractivity (Wildman–Crippen MR) is 156 cm³/mol. The van der Waals surface area contributed by atoms with E-state index in [2.05, 4.69) is 11.9 Å². The molecule has 204 valence electrons. The average Bonchev–Trinajstić information content (AvgIpc) is 3.60. The van der Waals surface area contributed by atoms with E-state index >= 15 is 0 Å². The zero-order chi connectivity index (χ0) is 28.0. The first kappa shape index (κ1) is 26.3. The number of carbonyl (C=O) groups is 2. The lowest BCUT2D eigenvalue weighted by atomic mass is 9.94. The minimum absolute atomic E-state index is 0.00820. The molecule has 1 fully saturated rings. The van der Waals surface area contributed by atoms with E-state index < -0.39 is 17.7 Å². The van der Waals surface area contributed by atoms with Crippen LogP contribution in [0.1, 0.15) is 49.4 Å². The molecule has 1 saturated heterocycles. The number of hydrogen-bond donors (Lipinski definition) is 1. The van der Waals surface area contributed by atoms with Crippen molar-refractivity contribution in [2.24, 2.45) is 0 Å². The quantitative estimate of drug-likeness (QED) is 0.110. The number of thiazole rings is 1. The fourth-order valence-electron chi connectivity index (χ4n) is 5.14. The van der Waals surface area contributed by atoms with Crippen molar-refractivity contribution in [3.8, 4) is 11.5 Å². The van der Waals surface area contributed by atoms with Gasteiger partial charge in [0.25, 0.3) is 5.78 Å². The Kier molecular flexibility index (Phi) is 6.98. The SMILES string of the molecule is CCCCOc1ccc([C@@H]2C(=C(O)c3ccc4c(c3)C[C@@H](C)O4)C(=O)C(=O)N2c2nc3ccc(Cl)cc3s2)cc1. The number of nitrogens with zero attached hydrogens (tertiary/aromatic N) is 2. The number of ether oxygens (including phenoxy) is 2. The highest BCUT2D eigenvalue weighted by atomic mass is 35.5. The highest BCUT2D eigenvalue weighted by molar-refractivity contribution is 7.22. The summed E-state index contributed by atoms with van der Waals surface area (Å²) in [5.41, 5.74) is 2.72. The van der Waals surface area contributed by atoms with E-state index in [1.807, 2.05) is 37.3 Å². The highest BCUT2D eigenvalue weighted by Crippen LogP contribution is 2.45. The molecule has 0 aliphatic carbocycles. The molecule has 1 aromatic heterocycles. The average molecular weight is 575 g/mol. The van der Waals surface area contributed by atoms with Crippen molar-refractivity contribution in [3.05, 3.63) is 87.9 Å². The lowest BCUT2D eigenvalue weighted by molar-refractivity contribution is -0.132. The second-order valence-electron chi connectivity index (χ2n) is 10.0. The van der Waals surface area contributed by atoms with Crippen LogP contribution in [0.15, 0.2) is 66.2 Å². The molecule has 0 saturated carbocycles. The molecule has 2 atom stereocenters. The molecular formula is C31H27ClN2O5S. The number of carbonyl (C=O) groups excluding carboxylic acids is 2. The number of Topliss-reactive ketones (excluding diaryl/α,β-unsaturated/α-hetero) is 1. The van der Waals surface area contributed by atoms with E-state index in [-0.39, 0.29) is 17.4 Å². The zero-order valence-corrected chi connectivity index (χ0v) is 23.6. The van der Waals surface area contributed by atoms with Gasteiger partial charge in [0.1, 0.15) is 23.4 Å². The Hall–Kier alpha value is -3.88. The molecule has 0 unspecified atom stereocenters. The first-order valence-corrected chi connectivity index (χ1v) is 14.4. The van der Waals surface area contributed by atoms with E-state index in [0.717, 1.165) is 28.9 Å². The number of unbranched alkanes of at least 4 members (excludes halogenated alkanes) is 1. The second kappa shape index (κ2) is 10.6. The van der Waals surface area contributed by atoms with Gasteiger partial charge in [-0.15, -0.1) is 0 Å². The van der Waals surface area contributed by atoms with Crippen molar-refractivity contribution in [1.82, 2.24) is 4.98 Å². The van der Waals surface area contributed by atoms with Gasteiger partial charge >= 0.3 is 5.91 Å². The number of hydrogen-bond acceptors (Lipinski definition) is 7. The Morgan fingerprint density at radius 1 is 1.15 bits per heavy atom. The maximum atomic E-state index is 13.6. The van der Waals surface area contributed by atoms with E-state index in [1.165, 1.54) is 16.2 Å². The van der Waals surface area contributed by atoms with Crippen LogP contribution in [0.4, 0.5) is 5.13 Å². The maximum Gasteiger partial charge on any atom is 0.301 e. The summed E-state index contributed by atoms with van der Waals surface area (Å²) in [6.45, 7) is 4.68. The van der Waals surface area contributed by atoms with Crippen molar-refractivity contribution in [3.63, 3.8) is 0 Å². The van der Waals surface area contributed by atoms with Crippen LogP contribution in [0.5, 0.6) is 11.5 Å². The van der Waals surface area contributed by atoms with Gasteiger partial charge in [-0.3, -0.25) is 14.5 Å². The number of halogens is 1. The molecular weight excluding hydrogens is 548 g/mol. The third kappa shape index (κ3) is 4.71. The van der Waals surface area contributed by atoms with Gasteiger partial charge < -0.3 is 14.6 Å². The van der Waals surface area contributed by atoms with Crippen LogP contribution in [0.2, 0.25) is 5.02 Å². The first-order valence-electron chi connectivity index (χ1n) is 13.2. The Balaban J connectivity index is 1.47. The Labute approximate surface area is 240 Å². The second-order valence-corrected chi connectivity index (χ2v) is 11.4. The van der Waals surface area contributed by atoms with Crippen LogP contribution < -0.4 is 14.4 Å². The summed E-state index contributed by atoms with van der Waals surface area (Å²) in [4.78, 5) is 33.2. The molecule has 7 nitrogen and oxygen atoms in total. The van der Waals surface area contributed by atoms with Crippen molar-refractivity contribution in [1.29, 1.82) is 0 Å². The predicted octanol–water partition coefficient (Wildman–Crippen LogP) is 7.08. The lowest BCUT2D eigenvalue weighted by Crippen LogP contribution is -2.29. The van der Waals surface area contributed by atoms with Gasteiger partial charge in [-0.1, -0.05) is 48.4 Å². The number of aliphatic hydroxyl groups excluding tert-OH is 1. The normalized spacial score (nSPS) is 19.7. The van der Waals surface area contributed by atoms with Crippen molar-refractivity contribution >= 4 is 55.7 Å². The van der Waals surface area contributed by atoms with Crippen LogP contribution in [-0.4, -0.2) is 34.5 Å². The molecule has 0 radical (unpaired) electrons. The van der Waals surface area contributed by atoms with Crippen molar-refractivity contribution in [2.45, 2.75) is 45.3 Å². The molecule has 1 N–H and O–H groups in total. The van der Waals surface area contributed by atoms with Gasteiger partial charge in [0.2, 0.25) is 0 Å². The number of anilines is 1. The third-order valence-corrected chi connectivity index (χ3v) is 8.37. The Morgan fingerprint density at radius 2 is 1.95 bits per heavy atom. The molecule has 2 aliphatic heterocycles. The molecule has 6 rings (SSSR count). The summed E-state index contributed by atoms with van der Waals surface area (Å²) in [5, 5.41) is 12.5. The molecule has 0 spiro atoms. The summed E-state index contributed by atoms with van der Waals surface area (Å²) < 4.78 is 12.4. The Morgan fingerprint density at radius 3 is 2.73 bits per heavy atom. The summed E-state index contributed by atoms with van der Waals surface area (Å²) >= 11 is 7.46. The maximum absolute atomic E-state index is 13.6. The summed E-state index contributed by atoms with van der Waals surface area (Å²) in [7, 11) is 0. The van der Waals surface area contributed by atoms with Crippen LogP contribution in [0.25, 0.3) is 16.0 Å². The smallest absolute Gasteiger partial charge is 0.301 e. The topological polar surface area (TPSA) is 89.0 Å². The standard InChI is InChI=1S/C31H27ClN2O5S/c1-3-4-13-38-22-9-5-18(6-10-22)27-26(28(35)19-7-12-24-20(15-19)14-17(2)39-24)29(36)30(37)34(27)31-33-23-11-8-21(32)16-25(23)40-31/h5-12,15-17,27,35H,3-4,13-14H2,1-2H3/t17-,27-/m1/s1. The van der Waals surface area contributed by atoms with Gasteiger partial charge in [0.05, 0.1) is 28.4 Å². The lowest BCUT2D eigenvalue weighted by Gasteiger charge is -2.23. The monoisotopic (exact) mass is 574 g/mol. The number of aromatic nitrogens is 1. The Bertz CT molecular complexity index is 1660. The van der Waals surface area contributed by atoms with Gasteiger partial charge in [-0.25, -0.2) is 4.98 Å². The molecule has 3 heterocycles. The van der Waals surface area contributed by atoms with Gasteiger partial charge in [-0.2, -0.15) is 0 Å². The van der Waals surface area contributed by atoms with E-state index in [1.54, 1.807) is 30.3 Å². The molecule has 40 heavy (non-hydrogen) atoms. The summed E-state index contributed by atoms with van der Waals surface area (Å²) in [5.74, 6) is -0.309. The fourth-order valence-corrected chi connectivity index (χ4v) is 6.41. The van der Waals surface area contributed by atoms with Crippen LogP contribution in [0, 0.1) is 0 Å². The molecule has 9 heteroatoms. The number of amides is 1. The first-order chi connectivity index (χ1) is 19.3. The van der Waals surface area contributed by atoms with E-state index in [4.69, 9.17) is 21.1 Å². The summed E-state index contributed by atoms with van der Waals surface area (Å²) in [6, 6.07) is 17.0. The van der Waals surface area contributed by atoms with Gasteiger partial charge in [0.15, 0.2) is 5.13 Å². The summed E-state index contributed by atoms with van der Waals surface area (Å²) in [6.07, 6.45) is 2.69. The number of ketones is 1. The van der Waals surface area contributed by atoms with E-state index in [0.29, 0.717) is 45.6 Å². The number of rotatable bonds is 7. The highest BCUT2D eigenvalue weighted by Gasteiger charge is 2.48. The molecule has 4 aromatic rings. The van der Waals surface area contributed by atoms with Crippen molar-refractivity contribution < 1.29 is 24.2 Å². The van der Waals surface area contributed by atoms with E-state index in [9.17, 15) is 14.7 Å². The van der Waals surface area contributed by atoms with Crippen molar-refractivity contribution in [2.75, 3.05) is 11.5 Å². The number of aliphatic hydroxyl groups is 1. The number of fused-ring (bicyclic) bond motifs is 2. The zero-order valence-electron chi connectivity index (χ0n) is 22.0. The third-order valence-electron chi connectivity index (χ3n) is 7.12. The fraction of sp³-hybridized carbons (Fsp3) is 0.258. The number of benzene rings is 3. The molecule has 1 amide bonds. The van der Waals surface area contributed by atoms with Crippen LogP contribution in [0.3, 0.4) is 0 Å². The molecule has 3 aromatic carbocycles.